The Hall–Kier alpha value is -1.96. The summed E-state index contributed by atoms with van der Waals surface area (Å²) in [4.78, 5) is 29.4. The van der Waals surface area contributed by atoms with E-state index >= 15 is 0 Å². The summed E-state index contributed by atoms with van der Waals surface area (Å²) >= 11 is 0. The lowest BCUT2D eigenvalue weighted by molar-refractivity contribution is -0.136. The fraction of sp³-hybridized carbons (Fsp3) is 0.556. The lowest BCUT2D eigenvalue weighted by Crippen LogP contribution is -2.65. The minimum Gasteiger partial charge on any atom is -0.313 e. The molecule has 7 heteroatoms. The minimum absolute atomic E-state index is 0.129. The van der Waals surface area contributed by atoms with Crippen LogP contribution in [0.1, 0.15) is 12.5 Å². The summed E-state index contributed by atoms with van der Waals surface area (Å²) in [5.74, 6) is -0.129. The Bertz CT molecular complexity index is 623. The summed E-state index contributed by atoms with van der Waals surface area (Å²) < 4.78 is 0. The molecule has 2 saturated heterocycles. The zero-order chi connectivity index (χ0) is 18.0. The van der Waals surface area contributed by atoms with Crippen molar-refractivity contribution in [2.24, 2.45) is 0 Å². The summed E-state index contributed by atoms with van der Waals surface area (Å²) in [7, 11) is 3.29. The first-order valence-electron chi connectivity index (χ1n) is 8.78. The average molecular weight is 345 g/mol. The van der Waals surface area contributed by atoms with E-state index in [2.05, 4.69) is 46.7 Å². The van der Waals surface area contributed by atoms with Crippen LogP contribution in [0, 0.1) is 0 Å². The second-order valence-electron chi connectivity index (χ2n) is 6.90. The number of hydrogen-bond donors (Lipinski definition) is 2. The van der Waals surface area contributed by atoms with Gasteiger partial charge in [-0.3, -0.25) is 19.9 Å². The Labute approximate surface area is 149 Å². The fourth-order valence-corrected chi connectivity index (χ4v) is 3.62. The first-order chi connectivity index (χ1) is 12.0. The van der Waals surface area contributed by atoms with Crippen molar-refractivity contribution in [3.63, 3.8) is 0 Å². The standard InChI is InChI=1S/C18H27N5O2/c1-13(11-14-7-5-4-6-8-14)19-9-10-23-12-20-16-15(23)17(24)22(3)18(25)21(16)2/h4-8,13,15-16,19-20H,9-12H2,1-3H3. The van der Waals surface area contributed by atoms with Crippen molar-refractivity contribution in [2.75, 3.05) is 33.9 Å². The van der Waals surface area contributed by atoms with Crippen LogP contribution < -0.4 is 10.6 Å². The minimum atomic E-state index is -0.307. The maximum atomic E-state index is 12.5. The predicted molar refractivity (Wildman–Crippen MR) is 95.8 cm³/mol. The fourth-order valence-electron chi connectivity index (χ4n) is 3.62. The van der Waals surface area contributed by atoms with Gasteiger partial charge in [-0.2, -0.15) is 0 Å². The Balaban J connectivity index is 1.50. The van der Waals surface area contributed by atoms with Gasteiger partial charge in [-0.05, 0) is 18.9 Å². The molecule has 25 heavy (non-hydrogen) atoms. The van der Waals surface area contributed by atoms with Gasteiger partial charge in [0, 0.05) is 33.2 Å². The Morgan fingerprint density at radius 2 is 1.96 bits per heavy atom. The highest BCUT2D eigenvalue weighted by Crippen LogP contribution is 2.22. The molecule has 3 atom stereocenters. The molecule has 2 aliphatic rings. The van der Waals surface area contributed by atoms with Gasteiger partial charge < -0.3 is 10.2 Å². The number of urea groups is 1. The molecule has 7 nitrogen and oxygen atoms in total. The molecule has 2 aliphatic heterocycles. The number of nitrogens with one attached hydrogen (secondary N) is 2. The van der Waals surface area contributed by atoms with Crippen molar-refractivity contribution >= 4 is 11.9 Å². The summed E-state index contributed by atoms with van der Waals surface area (Å²) in [5, 5.41) is 6.80. The Kier molecular flexibility index (Phi) is 5.36. The lowest BCUT2D eigenvalue weighted by Gasteiger charge is -2.39. The van der Waals surface area contributed by atoms with E-state index in [-0.39, 0.29) is 24.1 Å². The molecule has 136 valence electrons. The van der Waals surface area contributed by atoms with E-state index in [1.165, 1.54) is 10.5 Å². The highest BCUT2D eigenvalue weighted by atomic mass is 16.2. The predicted octanol–water partition coefficient (Wildman–Crippen LogP) is 0.288. The van der Waals surface area contributed by atoms with E-state index in [1.807, 2.05) is 6.07 Å². The van der Waals surface area contributed by atoms with Crippen LogP contribution in [0.15, 0.2) is 30.3 Å². The molecule has 0 saturated carbocycles. The van der Waals surface area contributed by atoms with Crippen molar-refractivity contribution < 1.29 is 9.59 Å². The number of likely N-dealkylation sites (N-methyl/N-ethyl adjacent to an activating group) is 2. The zero-order valence-electron chi connectivity index (χ0n) is 15.1. The smallest absolute Gasteiger partial charge is 0.313 e. The quantitative estimate of drug-likeness (QED) is 0.776. The van der Waals surface area contributed by atoms with Gasteiger partial charge in [-0.15, -0.1) is 0 Å². The maximum Gasteiger partial charge on any atom is 0.327 e. The van der Waals surface area contributed by atoms with Crippen LogP contribution in [0.3, 0.4) is 0 Å². The number of hydrogen-bond acceptors (Lipinski definition) is 5. The van der Waals surface area contributed by atoms with Gasteiger partial charge in [-0.25, -0.2) is 4.79 Å². The molecular weight excluding hydrogens is 318 g/mol. The second kappa shape index (κ2) is 7.51. The maximum absolute atomic E-state index is 12.5. The van der Waals surface area contributed by atoms with Gasteiger partial charge in [0.2, 0.25) is 0 Å². The highest BCUT2D eigenvalue weighted by molar-refractivity contribution is 6.00. The molecule has 0 aliphatic carbocycles. The van der Waals surface area contributed by atoms with Gasteiger partial charge in [-0.1, -0.05) is 30.3 Å². The molecule has 3 rings (SSSR count). The van der Waals surface area contributed by atoms with Gasteiger partial charge in [0.1, 0.15) is 12.2 Å². The monoisotopic (exact) mass is 345 g/mol. The number of fused-ring (bicyclic) bond motifs is 1. The number of benzene rings is 1. The van der Waals surface area contributed by atoms with Crippen LogP contribution in [0.5, 0.6) is 0 Å². The molecule has 0 bridgehead atoms. The first-order valence-corrected chi connectivity index (χ1v) is 8.78. The molecule has 0 spiro atoms. The third kappa shape index (κ3) is 3.68. The molecule has 3 unspecified atom stereocenters. The molecule has 0 aromatic heterocycles. The van der Waals surface area contributed by atoms with E-state index in [9.17, 15) is 9.59 Å². The highest BCUT2D eigenvalue weighted by Gasteiger charge is 2.49. The molecule has 1 aromatic rings. The van der Waals surface area contributed by atoms with E-state index in [1.54, 1.807) is 19.0 Å². The van der Waals surface area contributed by atoms with E-state index < -0.39 is 0 Å². The van der Waals surface area contributed by atoms with Crippen molar-refractivity contribution in [3.05, 3.63) is 35.9 Å². The van der Waals surface area contributed by atoms with Crippen LogP contribution in [0.25, 0.3) is 0 Å². The zero-order valence-corrected chi connectivity index (χ0v) is 15.1. The molecular formula is C18H27N5O2. The largest absolute Gasteiger partial charge is 0.327 e. The topological polar surface area (TPSA) is 67.9 Å². The van der Waals surface area contributed by atoms with Gasteiger partial charge in [0.05, 0.1) is 6.67 Å². The summed E-state index contributed by atoms with van der Waals surface area (Å²) in [6.45, 7) is 4.34. The van der Waals surface area contributed by atoms with Gasteiger partial charge in [0.25, 0.3) is 5.91 Å². The van der Waals surface area contributed by atoms with Crippen LogP contribution in [0.4, 0.5) is 4.79 Å². The van der Waals surface area contributed by atoms with Crippen molar-refractivity contribution in [3.8, 4) is 0 Å². The van der Waals surface area contributed by atoms with Crippen LogP contribution >= 0.6 is 0 Å². The van der Waals surface area contributed by atoms with Gasteiger partial charge >= 0.3 is 6.03 Å². The van der Waals surface area contributed by atoms with Crippen molar-refractivity contribution in [1.29, 1.82) is 0 Å². The van der Waals surface area contributed by atoms with Crippen LogP contribution in [-0.4, -0.2) is 78.7 Å². The first kappa shape index (κ1) is 17.8. The molecule has 0 radical (unpaired) electrons. The third-order valence-electron chi connectivity index (χ3n) is 5.06. The second-order valence-corrected chi connectivity index (χ2v) is 6.90. The molecule has 1 aromatic carbocycles. The Morgan fingerprint density at radius 1 is 1.24 bits per heavy atom. The molecule has 3 amide bonds. The van der Waals surface area contributed by atoms with Gasteiger partial charge in [0.15, 0.2) is 0 Å². The third-order valence-corrected chi connectivity index (χ3v) is 5.06. The number of amides is 3. The summed E-state index contributed by atoms with van der Waals surface area (Å²) in [6.07, 6.45) is 0.738. The van der Waals surface area contributed by atoms with Crippen LogP contribution in [0.2, 0.25) is 0 Å². The lowest BCUT2D eigenvalue weighted by atomic mass is 10.1. The Morgan fingerprint density at radius 3 is 2.68 bits per heavy atom. The number of nitrogens with zero attached hydrogens (tertiary/aromatic N) is 3. The van der Waals surface area contributed by atoms with Crippen LogP contribution in [-0.2, 0) is 11.2 Å². The summed E-state index contributed by atoms with van der Waals surface area (Å²) in [6, 6.07) is 10.2. The number of carbonyl (C=O) groups is 2. The van der Waals surface area contributed by atoms with Crippen molar-refractivity contribution in [2.45, 2.75) is 31.6 Å². The molecule has 2 N–H and O–H groups in total. The molecule has 2 fully saturated rings. The number of imide groups is 1. The van der Waals surface area contributed by atoms with E-state index in [0.29, 0.717) is 12.7 Å². The number of rotatable bonds is 6. The number of carbonyl (C=O) groups excluding carboxylic acids is 2. The summed E-state index contributed by atoms with van der Waals surface area (Å²) in [5.41, 5.74) is 1.31. The normalized spacial score (nSPS) is 25.4. The van der Waals surface area contributed by atoms with E-state index in [4.69, 9.17) is 0 Å². The molecule has 2 heterocycles. The average Bonchev–Trinajstić information content (AvgIpc) is 3.03. The van der Waals surface area contributed by atoms with E-state index in [0.717, 1.165) is 19.5 Å². The van der Waals surface area contributed by atoms with Crippen molar-refractivity contribution in [1.82, 2.24) is 25.3 Å². The SMILES string of the molecule is CC(Cc1ccccc1)NCCN1CNC2C1C(=O)N(C)C(=O)N2C.